The van der Waals surface area contributed by atoms with Crippen molar-refractivity contribution >= 4 is 15.9 Å². The van der Waals surface area contributed by atoms with Crippen molar-refractivity contribution in [2.75, 3.05) is 6.54 Å². The Morgan fingerprint density at radius 3 is 2.86 bits per heavy atom. The SMILES string of the molecule is CCNCc1cc(Br)ccc1OCc1nc(C(C)C)no1. The predicted octanol–water partition coefficient (Wildman–Crippen LogP) is 3.64. The van der Waals surface area contributed by atoms with Gasteiger partial charge >= 0.3 is 0 Å². The highest BCUT2D eigenvalue weighted by atomic mass is 79.9. The minimum Gasteiger partial charge on any atom is -0.483 e. The smallest absolute Gasteiger partial charge is 0.264 e. The van der Waals surface area contributed by atoms with Crippen molar-refractivity contribution in [1.82, 2.24) is 15.5 Å². The lowest BCUT2D eigenvalue weighted by Gasteiger charge is -2.11. The van der Waals surface area contributed by atoms with Crippen molar-refractivity contribution in [2.45, 2.75) is 39.8 Å². The molecule has 0 aliphatic rings. The van der Waals surface area contributed by atoms with E-state index in [2.05, 4.69) is 38.3 Å². The summed E-state index contributed by atoms with van der Waals surface area (Å²) < 4.78 is 12.0. The summed E-state index contributed by atoms with van der Waals surface area (Å²) in [5.74, 6) is 2.27. The zero-order valence-corrected chi connectivity index (χ0v) is 14.1. The minimum absolute atomic E-state index is 0.250. The lowest BCUT2D eigenvalue weighted by Crippen LogP contribution is -2.13. The van der Waals surface area contributed by atoms with Crippen LogP contribution < -0.4 is 10.1 Å². The van der Waals surface area contributed by atoms with E-state index < -0.39 is 0 Å². The fourth-order valence-electron chi connectivity index (χ4n) is 1.79. The molecule has 1 aromatic heterocycles. The first kappa shape index (κ1) is 16.0. The summed E-state index contributed by atoms with van der Waals surface area (Å²) >= 11 is 3.48. The Morgan fingerprint density at radius 2 is 2.19 bits per heavy atom. The number of benzene rings is 1. The molecule has 21 heavy (non-hydrogen) atoms. The van der Waals surface area contributed by atoms with Gasteiger partial charge in [0.25, 0.3) is 5.89 Å². The average molecular weight is 354 g/mol. The molecule has 114 valence electrons. The Labute approximate surface area is 133 Å². The first-order valence-electron chi connectivity index (χ1n) is 7.04. The number of ether oxygens (including phenoxy) is 1. The van der Waals surface area contributed by atoms with E-state index in [1.807, 2.05) is 32.0 Å². The van der Waals surface area contributed by atoms with Gasteiger partial charge < -0.3 is 14.6 Å². The van der Waals surface area contributed by atoms with Crippen molar-refractivity contribution in [3.63, 3.8) is 0 Å². The zero-order valence-electron chi connectivity index (χ0n) is 12.5. The van der Waals surface area contributed by atoms with Crippen LogP contribution in [0.1, 0.15) is 44.0 Å². The van der Waals surface area contributed by atoms with E-state index in [4.69, 9.17) is 9.26 Å². The van der Waals surface area contributed by atoms with Crippen LogP contribution in [0.15, 0.2) is 27.2 Å². The third-order valence-corrected chi connectivity index (χ3v) is 3.43. The summed E-state index contributed by atoms with van der Waals surface area (Å²) in [6.45, 7) is 8.07. The fourth-order valence-corrected chi connectivity index (χ4v) is 2.20. The monoisotopic (exact) mass is 353 g/mol. The van der Waals surface area contributed by atoms with Crippen LogP contribution in [-0.4, -0.2) is 16.7 Å². The lowest BCUT2D eigenvalue weighted by molar-refractivity contribution is 0.240. The van der Waals surface area contributed by atoms with Gasteiger partial charge in [-0.3, -0.25) is 0 Å². The fraction of sp³-hybridized carbons (Fsp3) is 0.467. The summed E-state index contributed by atoms with van der Waals surface area (Å²) in [7, 11) is 0. The largest absolute Gasteiger partial charge is 0.483 e. The molecule has 0 radical (unpaired) electrons. The third-order valence-electron chi connectivity index (χ3n) is 2.94. The van der Waals surface area contributed by atoms with Crippen molar-refractivity contribution in [2.24, 2.45) is 0 Å². The summed E-state index contributed by atoms with van der Waals surface area (Å²) in [5, 5.41) is 7.23. The Hall–Kier alpha value is -1.40. The van der Waals surface area contributed by atoms with Crippen molar-refractivity contribution in [3.8, 4) is 5.75 Å². The maximum absolute atomic E-state index is 5.81. The molecule has 5 nitrogen and oxygen atoms in total. The first-order valence-corrected chi connectivity index (χ1v) is 7.84. The van der Waals surface area contributed by atoms with Crippen LogP contribution in [0, 0.1) is 0 Å². The summed E-state index contributed by atoms with van der Waals surface area (Å²) in [6.07, 6.45) is 0. The van der Waals surface area contributed by atoms with Crippen LogP contribution in [0.3, 0.4) is 0 Å². The number of hydrogen-bond donors (Lipinski definition) is 1. The van der Waals surface area contributed by atoms with Gasteiger partial charge in [-0.1, -0.05) is 41.9 Å². The van der Waals surface area contributed by atoms with E-state index >= 15 is 0 Å². The maximum atomic E-state index is 5.81. The van der Waals surface area contributed by atoms with Gasteiger partial charge in [-0.05, 0) is 24.7 Å². The van der Waals surface area contributed by atoms with Crippen LogP contribution in [0.25, 0.3) is 0 Å². The molecule has 1 aromatic carbocycles. The van der Waals surface area contributed by atoms with Crippen LogP contribution in [0.2, 0.25) is 0 Å². The van der Waals surface area contributed by atoms with Gasteiger partial charge in [0, 0.05) is 22.5 Å². The number of halogens is 1. The Kier molecular flexibility index (Phi) is 5.76. The predicted molar refractivity (Wildman–Crippen MR) is 84.2 cm³/mol. The lowest BCUT2D eigenvalue weighted by atomic mass is 10.2. The van der Waals surface area contributed by atoms with E-state index in [9.17, 15) is 0 Å². The molecule has 0 atom stereocenters. The second-order valence-electron chi connectivity index (χ2n) is 5.02. The van der Waals surface area contributed by atoms with E-state index in [1.165, 1.54) is 0 Å². The highest BCUT2D eigenvalue weighted by Gasteiger charge is 2.11. The van der Waals surface area contributed by atoms with Crippen LogP contribution >= 0.6 is 15.9 Å². The molecule has 0 saturated heterocycles. The molecule has 0 aliphatic heterocycles. The van der Waals surface area contributed by atoms with Crippen molar-refractivity contribution in [1.29, 1.82) is 0 Å². The third kappa shape index (κ3) is 4.54. The Bertz CT molecular complexity index is 584. The number of nitrogens with zero attached hydrogens (tertiary/aromatic N) is 2. The molecule has 2 rings (SSSR count). The molecule has 0 saturated carbocycles. The maximum Gasteiger partial charge on any atom is 0.264 e. The normalized spacial score (nSPS) is 11.1. The van der Waals surface area contributed by atoms with Gasteiger partial charge in [0.05, 0.1) is 0 Å². The number of nitrogens with one attached hydrogen (secondary N) is 1. The number of rotatable bonds is 7. The van der Waals surface area contributed by atoms with Crippen molar-refractivity contribution < 1.29 is 9.26 Å². The molecule has 0 unspecified atom stereocenters. The number of hydrogen-bond acceptors (Lipinski definition) is 5. The molecule has 0 aliphatic carbocycles. The molecule has 0 spiro atoms. The van der Waals surface area contributed by atoms with Crippen molar-refractivity contribution in [3.05, 3.63) is 40.0 Å². The van der Waals surface area contributed by atoms with Gasteiger partial charge in [-0.2, -0.15) is 4.98 Å². The molecule has 1 heterocycles. The Balaban J connectivity index is 2.04. The van der Waals surface area contributed by atoms with E-state index in [-0.39, 0.29) is 12.5 Å². The average Bonchev–Trinajstić information content (AvgIpc) is 2.93. The molecule has 2 aromatic rings. The van der Waals surface area contributed by atoms with Crippen LogP contribution in [0.5, 0.6) is 5.75 Å². The summed E-state index contributed by atoms with van der Waals surface area (Å²) in [4.78, 5) is 4.31. The molecular weight excluding hydrogens is 334 g/mol. The van der Waals surface area contributed by atoms with Gasteiger partial charge in [0.15, 0.2) is 12.4 Å². The molecule has 0 fully saturated rings. The van der Waals surface area contributed by atoms with Gasteiger partial charge in [-0.25, -0.2) is 0 Å². The van der Waals surface area contributed by atoms with E-state index in [0.717, 1.165) is 28.9 Å². The topological polar surface area (TPSA) is 60.2 Å². The highest BCUT2D eigenvalue weighted by Crippen LogP contribution is 2.24. The van der Waals surface area contributed by atoms with E-state index in [0.29, 0.717) is 11.7 Å². The quantitative estimate of drug-likeness (QED) is 0.823. The Morgan fingerprint density at radius 1 is 1.38 bits per heavy atom. The summed E-state index contributed by atoms with van der Waals surface area (Å²) in [6, 6.07) is 5.94. The molecule has 0 bridgehead atoms. The second-order valence-corrected chi connectivity index (χ2v) is 5.94. The van der Waals surface area contributed by atoms with Gasteiger partial charge in [0.1, 0.15) is 5.75 Å². The summed E-state index contributed by atoms with van der Waals surface area (Å²) in [5.41, 5.74) is 1.09. The van der Waals surface area contributed by atoms with E-state index in [1.54, 1.807) is 0 Å². The number of aromatic nitrogens is 2. The standard InChI is InChI=1S/C15H20BrN3O2/c1-4-17-8-11-7-12(16)5-6-13(11)20-9-14-18-15(10(2)3)19-21-14/h5-7,10,17H,4,8-9H2,1-3H3. The van der Waals surface area contributed by atoms with Crippen LogP contribution in [-0.2, 0) is 13.2 Å². The first-order chi connectivity index (χ1) is 10.1. The van der Waals surface area contributed by atoms with Crippen LogP contribution in [0.4, 0.5) is 0 Å². The molecule has 0 amide bonds. The van der Waals surface area contributed by atoms with Gasteiger partial charge in [-0.15, -0.1) is 0 Å². The highest BCUT2D eigenvalue weighted by molar-refractivity contribution is 9.10. The molecule has 1 N–H and O–H groups in total. The zero-order chi connectivity index (χ0) is 15.2. The van der Waals surface area contributed by atoms with Gasteiger partial charge in [0.2, 0.25) is 0 Å². The second kappa shape index (κ2) is 7.56. The minimum atomic E-state index is 0.250. The molecular formula is C15H20BrN3O2. The molecule has 6 heteroatoms.